The summed E-state index contributed by atoms with van der Waals surface area (Å²) in [6, 6.07) is 17.8. The normalized spacial score (nSPS) is 18.1. The summed E-state index contributed by atoms with van der Waals surface area (Å²) in [5.74, 6) is 0. The molecule has 1 unspecified atom stereocenters. The van der Waals surface area contributed by atoms with Crippen LogP contribution in [0.4, 0.5) is 0 Å². The van der Waals surface area contributed by atoms with Crippen molar-refractivity contribution >= 4 is 20.7 Å². The molecule has 0 N–H and O–H groups in total. The first kappa shape index (κ1) is 19.1. The number of benzene rings is 2. The zero-order chi connectivity index (χ0) is 19.4. The van der Waals surface area contributed by atoms with Gasteiger partial charge in [-0.3, -0.25) is 0 Å². The zero-order valence-electron chi connectivity index (χ0n) is 15.7. The molecule has 1 saturated carbocycles. The highest BCUT2D eigenvalue weighted by atomic mass is 32.2. The van der Waals surface area contributed by atoms with E-state index in [4.69, 9.17) is 0 Å². The second-order valence-electron chi connectivity index (χ2n) is 7.06. The molecule has 1 atom stereocenters. The molecule has 0 saturated heterocycles. The van der Waals surface area contributed by atoms with Crippen LogP contribution in [-0.4, -0.2) is 13.7 Å². The number of sulfone groups is 1. The minimum absolute atomic E-state index is 0.225. The molecule has 2 aliphatic carbocycles. The summed E-state index contributed by atoms with van der Waals surface area (Å²) in [7, 11) is -3.58. The van der Waals surface area contributed by atoms with Crippen molar-refractivity contribution < 1.29 is 8.42 Å². The maximum Gasteiger partial charge on any atom is 0.216 e. The zero-order valence-corrected chi connectivity index (χ0v) is 17.3. The van der Waals surface area contributed by atoms with Crippen LogP contribution in [0.5, 0.6) is 0 Å². The SMILES string of the molecule is O=S(=O)(c1ccc([S+](C2=C=C=CC=C2)c2ccccc2)cc1)C1CCCCC1. The monoisotopic (exact) mass is 407 g/mol. The maximum absolute atomic E-state index is 13.0. The molecule has 28 heavy (non-hydrogen) atoms. The van der Waals surface area contributed by atoms with Crippen molar-refractivity contribution in [2.75, 3.05) is 0 Å². The molecule has 2 aliphatic rings. The van der Waals surface area contributed by atoms with Gasteiger partial charge in [0.05, 0.1) is 10.1 Å². The molecular formula is C24H23O2S2+. The molecule has 0 bridgehead atoms. The summed E-state index contributed by atoms with van der Waals surface area (Å²) < 4.78 is 26.0. The number of rotatable bonds is 5. The summed E-state index contributed by atoms with van der Waals surface area (Å²) in [5.41, 5.74) is 6.28. The third-order valence-corrected chi connectivity index (χ3v) is 9.64. The lowest BCUT2D eigenvalue weighted by Gasteiger charge is -2.21. The topological polar surface area (TPSA) is 34.1 Å². The van der Waals surface area contributed by atoms with Gasteiger partial charge in [-0.25, -0.2) is 8.42 Å². The van der Waals surface area contributed by atoms with Gasteiger partial charge in [0.1, 0.15) is 10.9 Å². The van der Waals surface area contributed by atoms with Gasteiger partial charge in [-0.15, -0.1) is 0 Å². The van der Waals surface area contributed by atoms with E-state index in [1.54, 1.807) is 12.1 Å². The average Bonchev–Trinajstić information content (AvgIpc) is 2.76. The van der Waals surface area contributed by atoms with E-state index in [0.29, 0.717) is 4.90 Å². The van der Waals surface area contributed by atoms with Crippen LogP contribution in [0.15, 0.2) is 104 Å². The Hall–Kier alpha value is -2.22. The lowest BCUT2D eigenvalue weighted by Crippen LogP contribution is -2.24. The van der Waals surface area contributed by atoms with Crippen molar-refractivity contribution in [2.24, 2.45) is 0 Å². The Bertz CT molecular complexity index is 1060. The lowest BCUT2D eigenvalue weighted by atomic mass is 10.0. The summed E-state index contributed by atoms with van der Waals surface area (Å²) in [4.78, 5) is 3.77. The van der Waals surface area contributed by atoms with Crippen molar-refractivity contribution in [1.82, 2.24) is 0 Å². The number of hydrogen-bond acceptors (Lipinski definition) is 2. The van der Waals surface area contributed by atoms with Crippen molar-refractivity contribution in [2.45, 2.75) is 52.0 Å². The molecule has 1 fully saturated rings. The van der Waals surface area contributed by atoms with E-state index < -0.39 is 9.84 Å². The van der Waals surface area contributed by atoms with Gasteiger partial charge in [-0.05, 0) is 67.1 Å². The Balaban J connectivity index is 1.70. The molecule has 0 spiro atoms. The molecular weight excluding hydrogens is 384 g/mol. The van der Waals surface area contributed by atoms with Crippen LogP contribution in [0.2, 0.25) is 0 Å². The van der Waals surface area contributed by atoms with Crippen LogP contribution in [-0.2, 0) is 20.7 Å². The smallest absolute Gasteiger partial charge is 0.216 e. The Labute approximate surface area is 170 Å². The van der Waals surface area contributed by atoms with E-state index in [2.05, 4.69) is 29.7 Å². The van der Waals surface area contributed by atoms with Crippen LogP contribution < -0.4 is 0 Å². The highest BCUT2D eigenvalue weighted by Gasteiger charge is 2.32. The van der Waals surface area contributed by atoms with Gasteiger partial charge >= 0.3 is 0 Å². The number of allylic oxidation sites excluding steroid dienone is 3. The highest BCUT2D eigenvalue weighted by Crippen LogP contribution is 2.33. The molecule has 4 rings (SSSR count). The van der Waals surface area contributed by atoms with Crippen LogP contribution >= 0.6 is 0 Å². The summed E-state index contributed by atoms with van der Waals surface area (Å²) in [6.45, 7) is 0. The molecule has 4 heteroatoms. The molecule has 0 aromatic heterocycles. The Kier molecular flexibility index (Phi) is 5.75. The molecule has 2 nitrogen and oxygen atoms in total. The van der Waals surface area contributed by atoms with Gasteiger partial charge in [-0.2, -0.15) is 0 Å². The predicted molar refractivity (Wildman–Crippen MR) is 115 cm³/mol. The van der Waals surface area contributed by atoms with E-state index in [1.165, 1.54) is 4.90 Å². The van der Waals surface area contributed by atoms with Gasteiger partial charge in [0, 0.05) is 6.08 Å². The van der Waals surface area contributed by atoms with Gasteiger partial charge in [0.25, 0.3) is 0 Å². The predicted octanol–water partition coefficient (Wildman–Crippen LogP) is 5.59. The van der Waals surface area contributed by atoms with Gasteiger partial charge < -0.3 is 0 Å². The minimum Gasteiger partial charge on any atom is -0.223 e. The van der Waals surface area contributed by atoms with E-state index >= 15 is 0 Å². The highest BCUT2D eigenvalue weighted by molar-refractivity contribution is 8.00. The second kappa shape index (κ2) is 8.43. The Morgan fingerprint density at radius 2 is 1.54 bits per heavy atom. The first-order chi connectivity index (χ1) is 13.7. The van der Waals surface area contributed by atoms with E-state index in [0.717, 1.165) is 41.9 Å². The maximum atomic E-state index is 13.0. The van der Waals surface area contributed by atoms with E-state index in [-0.39, 0.29) is 16.1 Å². The standard InChI is InChI=1S/C24H23O2S2/c25-28(26,23-14-8-3-9-15-23)24-18-16-22(17-19-24)27(20-10-4-1-5-11-20)21-12-6-2-7-13-21/h1-2,4-6,10-12,16-19,23H,3,8-9,14-15H2/q+1. The molecule has 2 aromatic carbocycles. The Morgan fingerprint density at radius 3 is 2.18 bits per heavy atom. The van der Waals surface area contributed by atoms with Crippen LogP contribution in [0.1, 0.15) is 32.1 Å². The van der Waals surface area contributed by atoms with Gasteiger partial charge in [0.2, 0.25) is 4.91 Å². The fourth-order valence-corrected chi connectivity index (χ4v) is 7.58. The van der Waals surface area contributed by atoms with E-state index in [1.807, 2.05) is 42.5 Å². The summed E-state index contributed by atoms with van der Waals surface area (Å²) in [6.07, 6.45) is 10.6. The van der Waals surface area contributed by atoms with Gasteiger partial charge in [-0.1, -0.05) is 43.2 Å². The second-order valence-corrected chi connectivity index (χ2v) is 11.3. The van der Waals surface area contributed by atoms with Crippen molar-refractivity contribution in [3.63, 3.8) is 0 Å². The van der Waals surface area contributed by atoms with Crippen LogP contribution in [0, 0.1) is 0 Å². The van der Waals surface area contributed by atoms with E-state index in [9.17, 15) is 8.42 Å². The third kappa shape index (κ3) is 3.97. The molecule has 0 radical (unpaired) electrons. The van der Waals surface area contributed by atoms with Crippen molar-refractivity contribution in [3.8, 4) is 0 Å². The van der Waals surface area contributed by atoms with Crippen LogP contribution in [0.3, 0.4) is 0 Å². The first-order valence-corrected chi connectivity index (χ1v) is 12.4. The Morgan fingerprint density at radius 1 is 0.857 bits per heavy atom. The molecule has 0 heterocycles. The lowest BCUT2D eigenvalue weighted by molar-refractivity contribution is 0.483. The fourth-order valence-electron chi connectivity index (χ4n) is 3.74. The molecule has 142 valence electrons. The van der Waals surface area contributed by atoms with Crippen LogP contribution in [0.25, 0.3) is 0 Å². The molecule has 2 aromatic rings. The summed E-state index contributed by atoms with van der Waals surface area (Å²) in [5, 5.41) is -0.225. The number of hydrogen-bond donors (Lipinski definition) is 0. The van der Waals surface area contributed by atoms with Crippen molar-refractivity contribution in [3.05, 3.63) is 89.2 Å². The first-order valence-electron chi connectivity index (χ1n) is 9.68. The minimum atomic E-state index is -3.24. The quantitative estimate of drug-likeness (QED) is 0.478. The van der Waals surface area contributed by atoms with Crippen molar-refractivity contribution in [1.29, 1.82) is 0 Å². The third-order valence-electron chi connectivity index (χ3n) is 5.20. The molecule has 0 aliphatic heterocycles. The largest absolute Gasteiger partial charge is 0.223 e. The van der Waals surface area contributed by atoms with Gasteiger partial charge in [0.15, 0.2) is 19.6 Å². The summed E-state index contributed by atoms with van der Waals surface area (Å²) >= 11 is 0. The molecule has 0 amide bonds. The fraction of sp³-hybridized carbons (Fsp3) is 0.250. The average molecular weight is 408 g/mol.